The van der Waals surface area contributed by atoms with Gasteiger partial charge < -0.3 is 5.11 Å². The van der Waals surface area contributed by atoms with E-state index in [9.17, 15) is 9.90 Å². The number of carbonyl (C=O) groups is 1. The van der Waals surface area contributed by atoms with E-state index in [2.05, 4.69) is 22.0 Å². The van der Waals surface area contributed by atoms with Crippen LogP contribution in [0.3, 0.4) is 0 Å². The van der Waals surface area contributed by atoms with Gasteiger partial charge in [-0.25, -0.2) is 14.5 Å². The minimum absolute atomic E-state index is 0.261. The lowest BCUT2D eigenvalue weighted by Crippen LogP contribution is -2.08. The smallest absolute Gasteiger partial charge is 0.336 e. The number of hydrogen-bond donors (Lipinski definition) is 1. The Morgan fingerprint density at radius 2 is 1.96 bits per heavy atom. The Hall–Kier alpha value is -3.02. The molecule has 0 saturated carbocycles. The summed E-state index contributed by atoms with van der Waals surface area (Å²) in [6.45, 7) is 4.85. The molecule has 1 aromatic carbocycles. The second-order valence-corrected chi connectivity index (χ2v) is 6.55. The average Bonchev–Trinajstić information content (AvgIpc) is 3.04. The first-order chi connectivity index (χ1) is 13.1. The van der Waals surface area contributed by atoms with Gasteiger partial charge in [0.25, 0.3) is 0 Å². The zero-order valence-electron chi connectivity index (χ0n) is 15.7. The lowest BCUT2D eigenvalue weighted by molar-refractivity contribution is 0.0697. The number of carboxylic acid groups (broad SMARTS) is 1. The number of aromatic nitrogens is 4. The van der Waals surface area contributed by atoms with E-state index in [1.807, 2.05) is 36.0 Å². The van der Waals surface area contributed by atoms with Gasteiger partial charge in [-0.05, 0) is 37.5 Å². The van der Waals surface area contributed by atoms with Crippen LogP contribution in [0, 0.1) is 6.92 Å². The van der Waals surface area contributed by atoms with Gasteiger partial charge in [0.2, 0.25) is 0 Å². The van der Waals surface area contributed by atoms with Crippen LogP contribution >= 0.6 is 0 Å². The molecule has 1 N–H and O–H groups in total. The number of aryl methyl sites for hydroxylation is 4. The van der Waals surface area contributed by atoms with Gasteiger partial charge in [-0.3, -0.25) is 4.98 Å². The summed E-state index contributed by atoms with van der Waals surface area (Å²) in [6.07, 6.45) is 5.80. The van der Waals surface area contributed by atoms with Crippen LogP contribution in [-0.4, -0.2) is 30.8 Å². The molecule has 3 rings (SSSR count). The van der Waals surface area contributed by atoms with Gasteiger partial charge in [0.05, 0.1) is 11.3 Å². The standard InChI is InChI=1S/C21H24N4O2/c1-3-4-9-20-23-15(2)24-25(20)13-12-16-10-11-19(22-14-16)17-7-5-6-8-18(17)21(26)27/h5-8,10-11,14H,3-4,9,12-13H2,1-2H3,(H,26,27). The van der Waals surface area contributed by atoms with Crippen molar-refractivity contribution < 1.29 is 9.90 Å². The molecular formula is C21H24N4O2. The van der Waals surface area contributed by atoms with Crippen molar-refractivity contribution in [2.45, 2.75) is 46.1 Å². The summed E-state index contributed by atoms with van der Waals surface area (Å²) in [5.41, 5.74) is 2.64. The molecule has 0 unspecified atom stereocenters. The fourth-order valence-corrected chi connectivity index (χ4v) is 3.06. The molecule has 6 nitrogen and oxygen atoms in total. The molecule has 3 aromatic rings. The monoisotopic (exact) mass is 364 g/mol. The van der Waals surface area contributed by atoms with Crippen LogP contribution in [0.15, 0.2) is 42.6 Å². The fraction of sp³-hybridized carbons (Fsp3) is 0.333. The van der Waals surface area contributed by atoms with E-state index >= 15 is 0 Å². The summed E-state index contributed by atoms with van der Waals surface area (Å²) in [4.78, 5) is 20.4. The van der Waals surface area contributed by atoms with E-state index < -0.39 is 5.97 Å². The van der Waals surface area contributed by atoms with E-state index in [1.165, 1.54) is 0 Å². The van der Waals surface area contributed by atoms with Gasteiger partial charge in [0.15, 0.2) is 0 Å². The van der Waals surface area contributed by atoms with E-state index in [1.54, 1.807) is 18.2 Å². The molecule has 0 amide bonds. The second-order valence-electron chi connectivity index (χ2n) is 6.55. The number of unbranched alkanes of at least 4 members (excludes halogenated alkanes) is 1. The number of benzene rings is 1. The summed E-state index contributed by atoms with van der Waals surface area (Å²) >= 11 is 0. The zero-order valence-corrected chi connectivity index (χ0v) is 15.7. The summed E-state index contributed by atoms with van der Waals surface area (Å²) in [5, 5.41) is 13.8. The van der Waals surface area contributed by atoms with Crippen LogP contribution in [0.5, 0.6) is 0 Å². The van der Waals surface area contributed by atoms with Crippen molar-refractivity contribution in [1.82, 2.24) is 19.7 Å². The Labute approximate surface area is 158 Å². The first-order valence-corrected chi connectivity index (χ1v) is 9.26. The lowest BCUT2D eigenvalue weighted by Gasteiger charge is -2.08. The summed E-state index contributed by atoms with van der Waals surface area (Å²) < 4.78 is 1.98. The molecule has 0 bridgehead atoms. The number of pyridine rings is 1. The minimum atomic E-state index is -0.947. The Bertz CT molecular complexity index is 916. The zero-order chi connectivity index (χ0) is 19.2. The largest absolute Gasteiger partial charge is 0.478 e. The topological polar surface area (TPSA) is 80.9 Å². The van der Waals surface area contributed by atoms with Crippen LogP contribution in [0.4, 0.5) is 0 Å². The van der Waals surface area contributed by atoms with E-state index in [0.717, 1.165) is 49.4 Å². The molecule has 0 saturated heterocycles. The summed E-state index contributed by atoms with van der Waals surface area (Å²) in [7, 11) is 0. The van der Waals surface area contributed by atoms with Gasteiger partial charge in [-0.1, -0.05) is 37.6 Å². The van der Waals surface area contributed by atoms with Crippen molar-refractivity contribution in [2.75, 3.05) is 0 Å². The molecule has 0 aliphatic rings. The van der Waals surface area contributed by atoms with Gasteiger partial charge in [0, 0.05) is 24.7 Å². The minimum Gasteiger partial charge on any atom is -0.478 e. The summed E-state index contributed by atoms with van der Waals surface area (Å²) in [5.74, 6) is 0.895. The molecule has 2 heterocycles. The maximum absolute atomic E-state index is 11.4. The number of carboxylic acids is 1. The van der Waals surface area contributed by atoms with Crippen molar-refractivity contribution in [3.63, 3.8) is 0 Å². The molecular weight excluding hydrogens is 340 g/mol. The fourth-order valence-electron chi connectivity index (χ4n) is 3.06. The van der Waals surface area contributed by atoms with Crippen LogP contribution in [0.25, 0.3) is 11.3 Å². The van der Waals surface area contributed by atoms with Gasteiger partial charge in [0.1, 0.15) is 11.6 Å². The predicted molar refractivity (Wildman–Crippen MR) is 104 cm³/mol. The van der Waals surface area contributed by atoms with Crippen LogP contribution < -0.4 is 0 Å². The molecule has 0 spiro atoms. The van der Waals surface area contributed by atoms with E-state index in [-0.39, 0.29) is 5.56 Å². The molecule has 27 heavy (non-hydrogen) atoms. The van der Waals surface area contributed by atoms with Crippen molar-refractivity contribution in [3.05, 3.63) is 65.4 Å². The molecule has 0 radical (unpaired) electrons. The number of aromatic carboxylic acids is 1. The Morgan fingerprint density at radius 1 is 1.15 bits per heavy atom. The number of hydrogen-bond acceptors (Lipinski definition) is 4. The highest BCUT2D eigenvalue weighted by atomic mass is 16.4. The normalized spacial score (nSPS) is 10.9. The molecule has 0 atom stereocenters. The molecule has 140 valence electrons. The molecule has 0 aliphatic heterocycles. The predicted octanol–water partition coefficient (Wildman–Crippen LogP) is 3.93. The highest BCUT2D eigenvalue weighted by molar-refractivity contribution is 5.95. The SMILES string of the molecule is CCCCc1nc(C)nn1CCc1ccc(-c2ccccc2C(=O)O)nc1. The average molecular weight is 364 g/mol. The molecule has 0 aliphatic carbocycles. The highest BCUT2D eigenvalue weighted by Gasteiger charge is 2.12. The third kappa shape index (κ3) is 4.58. The lowest BCUT2D eigenvalue weighted by atomic mass is 10.0. The van der Waals surface area contributed by atoms with E-state index in [4.69, 9.17) is 0 Å². The van der Waals surface area contributed by atoms with Crippen molar-refractivity contribution in [3.8, 4) is 11.3 Å². The number of rotatable bonds is 8. The van der Waals surface area contributed by atoms with Crippen molar-refractivity contribution in [2.24, 2.45) is 0 Å². The van der Waals surface area contributed by atoms with Crippen molar-refractivity contribution >= 4 is 5.97 Å². The Kier molecular flexibility index (Phi) is 5.96. The van der Waals surface area contributed by atoms with Crippen LogP contribution in [-0.2, 0) is 19.4 Å². The first kappa shape index (κ1) is 18.8. The van der Waals surface area contributed by atoms with Gasteiger partial charge in [-0.2, -0.15) is 5.10 Å². The third-order valence-corrected chi connectivity index (χ3v) is 4.48. The van der Waals surface area contributed by atoms with Crippen molar-refractivity contribution in [1.29, 1.82) is 0 Å². The molecule has 6 heteroatoms. The maximum atomic E-state index is 11.4. The van der Waals surface area contributed by atoms with Crippen LogP contribution in [0.2, 0.25) is 0 Å². The highest BCUT2D eigenvalue weighted by Crippen LogP contribution is 2.22. The first-order valence-electron chi connectivity index (χ1n) is 9.26. The summed E-state index contributed by atoms with van der Waals surface area (Å²) in [6, 6.07) is 10.8. The van der Waals surface area contributed by atoms with E-state index in [0.29, 0.717) is 11.3 Å². The van der Waals surface area contributed by atoms with Crippen LogP contribution in [0.1, 0.15) is 47.3 Å². The Morgan fingerprint density at radius 3 is 2.67 bits per heavy atom. The Balaban J connectivity index is 1.71. The van der Waals surface area contributed by atoms with Gasteiger partial charge in [-0.15, -0.1) is 0 Å². The number of nitrogens with zero attached hydrogens (tertiary/aromatic N) is 4. The quantitative estimate of drug-likeness (QED) is 0.655. The maximum Gasteiger partial charge on any atom is 0.336 e. The molecule has 0 fully saturated rings. The van der Waals surface area contributed by atoms with Gasteiger partial charge >= 0.3 is 5.97 Å². The molecule has 2 aromatic heterocycles. The second kappa shape index (κ2) is 8.58. The third-order valence-electron chi connectivity index (χ3n) is 4.48.